The molecule has 122 valence electrons. The Morgan fingerprint density at radius 2 is 1.77 bits per heavy atom. The van der Waals surface area contributed by atoms with E-state index in [0.717, 1.165) is 17.7 Å². The minimum absolute atomic E-state index is 0.0180. The van der Waals surface area contributed by atoms with Gasteiger partial charge >= 0.3 is 0 Å². The molecule has 2 amide bonds. The highest BCUT2D eigenvalue weighted by atomic mass is 32.1. The summed E-state index contributed by atoms with van der Waals surface area (Å²) < 4.78 is 0. The first-order valence-corrected chi connectivity index (χ1v) is 9.07. The van der Waals surface area contributed by atoms with Crippen molar-refractivity contribution in [2.75, 3.05) is 13.1 Å². The van der Waals surface area contributed by atoms with Gasteiger partial charge in [0.15, 0.2) is 0 Å². The fraction of sp³-hybridized carbons (Fsp3) is 0.647. The summed E-state index contributed by atoms with van der Waals surface area (Å²) >= 11 is 1.64. The number of hydrogen-bond acceptors (Lipinski definition) is 3. The van der Waals surface area contributed by atoms with Crippen LogP contribution in [0, 0.1) is 5.92 Å². The van der Waals surface area contributed by atoms with E-state index in [-0.39, 0.29) is 17.7 Å². The van der Waals surface area contributed by atoms with Crippen LogP contribution in [0.25, 0.3) is 0 Å². The van der Waals surface area contributed by atoms with Gasteiger partial charge in [0.25, 0.3) is 5.91 Å². The molecule has 0 fully saturated rings. The first kappa shape index (κ1) is 17.0. The van der Waals surface area contributed by atoms with Crippen molar-refractivity contribution in [2.24, 2.45) is 5.92 Å². The van der Waals surface area contributed by atoms with Crippen molar-refractivity contribution in [1.29, 1.82) is 0 Å². The van der Waals surface area contributed by atoms with Gasteiger partial charge in [-0.2, -0.15) is 0 Å². The third kappa shape index (κ3) is 4.83. The highest BCUT2D eigenvalue weighted by molar-refractivity contribution is 7.14. The van der Waals surface area contributed by atoms with Crippen LogP contribution >= 0.6 is 11.3 Å². The van der Waals surface area contributed by atoms with Gasteiger partial charge in [0.2, 0.25) is 5.91 Å². The van der Waals surface area contributed by atoms with Crippen LogP contribution in [0.15, 0.2) is 6.07 Å². The highest BCUT2D eigenvalue weighted by Gasteiger charge is 2.15. The fourth-order valence-electron chi connectivity index (χ4n) is 2.61. The molecule has 0 saturated carbocycles. The van der Waals surface area contributed by atoms with E-state index in [2.05, 4.69) is 16.7 Å². The van der Waals surface area contributed by atoms with Gasteiger partial charge in [-0.1, -0.05) is 26.7 Å². The minimum atomic E-state index is -0.0207. The maximum Gasteiger partial charge on any atom is 0.261 e. The third-order valence-electron chi connectivity index (χ3n) is 3.95. The molecule has 1 aliphatic carbocycles. The van der Waals surface area contributed by atoms with Crippen LogP contribution in [0.3, 0.4) is 0 Å². The van der Waals surface area contributed by atoms with Crippen molar-refractivity contribution in [2.45, 2.75) is 52.4 Å². The number of fused-ring (bicyclic) bond motifs is 1. The predicted molar refractivity (Wildman–Crippen MR) is 90.4 cm³/mol. The van der Waals surface area contributed by atoms with Gasteiger partial charge in [0, 0.05) is 23.9 Å². The Bertz CT molecular complexity index is 497. The minimum Gasteiger partial charge on any atom is -0.354 e. The zero-order valence-electron chi connectivity index (χ0n) is 13.5. The number of carbonyl (C=O) groups excluding carboxylic acids is 2. The van der Waals surface area contributed by atoms with E-state index >= 15 is 0 Å². The normalized spacial score (nSPS) is 14.9. The van der Waals surface area contributed by atoms with E-state index in [9.17, 15) is 9.59 Å². The number of aryl methyl sites for hydroxylation is 2. The molecule has 0 spiro atoms. The quantitative estimate of drug-likeness (QED) is 0.819. The van der Waals surface area contributed by atoms with E-state index in [4.69, 9.17) is 0 Å². The molecule has 4 nitrogen and oxygen atoms in total. The van der Waals surface area contributed by atoms with Crippen LogP contribution < -0.4 is 10.6 Å². The van der Waals surface area contributed by atoms with Gasteiger partial charge in [0.1, 0.15) is 0 Å². The summed E-state index contributed by atoms with van der Waals surface area (Å²) in [4.78, 5) is 25.8. The van der Waals surface area contributed by atoms with E-state index in [1.807, 2.05) is 13.8 Å². The standard InChI is InChI=1S/C17H26N2O2S/c1-12(2)16(20)18-9-10-19-17(21)15-11-13-7-5-3-4-6-8-14(13)22-15/h11-12H,3-10H2,1-2H3,(H,18,20)(H,19,21). The van der Waals surface area contributed by atoms with E-state index in [0.29, 0.717) is 13.1 Å². The first-order chi connectivity index (χ1) is 10.6. The van der Waals surface area contributed by atoms with Crippen molar-refractivity contribution in [1.82, 2.24) is 10.6 Å². The zero-order valence-corrected chi connectivity index (χ0v) is 14.4. The number of carbonyl (C=O) groups is 2. The molecule has 2 rings (SSSR count). The largest absolute Gasteiger partial charge is 0.354 e. The van der Waals surface area contributed by atoms with E-state index in [1.165, 1.54) is 36.1 Å². The second-order valence-corrected chi connectivity index (χ2v) is 7.31. The van der Waals surface area contributed by atoms with Gasteiger partial charge < -0.3 is 10.6 Å². The molecule has 0 unspecified atom stereocenters. The Morgan fingerprint density at radius 3 is 2.50 bits per heavy atom. The summed E-state index contributed by atoms with van der Waals surface area (Å²) in [5, 5.41) is 5.69. The van der Waals surface area contributed by atoms with Crippen molar-refractivity contribution < 1.29 is 9.59 Å². The second kappa shape index (κ2) is 8.32. The van der Waals surface area contributed by atoms with Crippen LogP contribution in [-0.2, 0) is 17.6 Å². The van der Waals surface area contributed by atoms with Gasteiger partial charge in [-0.3, -0.25) is 9.59 Å². The second-order valence-electron chi connectivity index (χ2n) is 6.17. The molecule has 1 aromatic heterocycles. The smallest absolute Gasteiger partial charge is 0.261 e. The zero-order chi connectivity index (χ0) is 15.9. The average Bonchev–Trinajstić information content (AvgIpc) is 2.85. The van der Waals surface area contributed by atoms with Crippen molar-refractivity contribution >= 4 is 23.2 Å². The summed E-state index contributed by atoms with van der Waals surface area (Å²) in [7, 11) is 0. The summed E-state index contributed by atoms with van der Waals surface area (Å²) in [5.41, 5.74) is 1.36. The van der Waals surface area contributed by atoms with Gasteiger partial charge in [-0.15, -0.1) is 11.3 Å². The first-order valence-electron chi connectivity index (χ1n) is 8.25. The number of nitrogens with one attached hydrogen (secondary N) is 2. The summed E-state index contributed by atoms with van der Waals surface area (Å²) in [6, 6.07) is 2.06. The summed E-state index contributed by atoms with van der Waals surface area (Å²) in [6.45, 7) is 4.66. The van der Waals surface area contributed by atoms with Gasteiger partial charge in [0.05, 0.1) is 4.88 Å². The van der Waals surface area contributed by atoms with Gasteiger partial charge in [-0.25, -0.2) is 0 Å². The number of rotatable bonds is 5. The van der Waals surface area contributed by atoms with Crippen LogP contribution in [0.5, 0.6) is 0 Å². The third-order valence-corrected chi connectivity index (χ3v) is 5.19. The molecule has 22 heavy (non-hydrogen) atoms. The maximum absolute atomic E-state index is 12.2. The van der Waals surface area contributed by atoms with Crippen LogP contribution in [0.4, 0.5) is 0 Å². The monoisotopic (exact) mass is 322 g/mol. The highest BCUT2D eigenvalue weighted by Crippen LogP contribution is 2.28. The van der Waals surface area contributed by atoms with Crippen LogP contribution in [-0.4, -0.2) is 24.9 Å². The lowest BCUT2D eigenvalue weighted by Gasteiger charge is -2.08. The SMILES string of the molecule is CC(C)C(=O)NCCNC(=O)c1cc2c(s1)CCCCCC2. The van der Waals surface area contributed by atoms with Crippen molar-refractivity contribution in [3.63, 3.8) is 0 Å². The van der Waals surface area contributed by atoms with E-state index in [1.54, 1.807) is 11.3 Å². The molecule has 0 bridgehead atoms. The molecule has 1 heterocycles. The Hall–Kier alpha value is -1.36. The predicted octanol–water partition coefficient (Wildman–Crippen LogP) is 2.91. The lowest BCUT2D eigenvalue weighted by atomic mass is 10.00. The molecule has 1 aromatic rings. The summed E-state index contributed by atoms with van der Waals surface area (Å²) in [5.74, 6) is -0.0172. The Labute approximate surface area is 136 Å². The molecular weight excluding hydrogens is 296 g/mol. The number of thiophene rings is 1. The van der Waals surface area contributed by atoms with Crippen LogP contribution in [0.1, 0.15) is 59.6 Å². The Balaban J connectivity index is 1.82. The topological polar surface area (TPSA) is 58.2 Å². The maximum atomic E-state index is 12.2. The molecule has 5 heteroatoms. The van der Waals surface area contributed by atoms with Gasteiger partial charge in [-0.05, 0) is 37.3 Å². The number of hydrogen-bond donors (Lipinski definition) is 2. The Kier molecular flexibility index (Phi) is 6.43. The Morgan fingerprint density at radius 1 is 1.09 bits per heavy atom. The molecule has 0 radical (unpaired) electrons. The lowest BCUT2D eigenvalue weighted by molar-refractivity contribution is -0.123. The molecule has 0 saturated heterocycles. The molecular formula is C17H26N2O2S. The number of amides is 2. The lowest BCUT2D eigenvalue weighted by Crippen LogP contribution is -2.36. The molecule has 0 atom stereocenters. The molecule has 2 N–H and O–H groups in total. The molecule has 0 aliphatic heterocycles. The fourth-order valence-corrected chi connectivity index (χ4v) is 3.78. The van der Waals surface area contributed by atoms with Crippen LogP contribution in [0.2, 0.25) is 0 Å². The van der Waals surface area contributed by atoms with Crippen molar-refractivity contribution in [3.8, 4) is 0 Å². The van der Waals surface area contributed by atoms with E-state index < -0.39 is 0 Å². The molecule has 0 aromatic carbocycles. The van der Waals surface area contributed by atoms with Crippen molar-refractivity contribution in [3.05, 3.63) is 21.4 Å². The molecule has 1 aliphatic rings. The summed E-state index contributed by atoms with van der Waals surface area (Å²) in [6.07, 6.45) is 7.27. The average molecular weight is 322 g/mol.